The van der Waals surface area contributed by atoms with Gasteiger partial charge in [0.15, 0.2) is 0 Å². The average Bonchev–Trinajstić information content (AvgIpc) is 3.16. The summed E-state index contributed by atoms with van der Waals surface area (Å²) < 4.78 is 13.3. The second-order valence-electron chi connectivity index (χ2n) is 5.29. The number of aromatic carboxylic acids is 1. The zero-order chi connectivity index (χ0) is 18.5. The number of ether oxygens (including phenoxy) is 2. The molecule has 2 aromatic carbocycles. The predicted molar refractivity (Wildman–Crippen MR) is 96.4 cm³/mol. The van der Waals surface area contributed by atoms with Crippen molar-refractivity contribution in [3.63, 3.8) is 0 Å². The van der Waals surface area contributed by atoms with E-state index in [0.717, 1.165) is 5.56 Å². The topological polar surface area (TPSA) is 99.4 Å². The fraction of sp³-hybridized carbons (Fsp3) is 0.176. The molecule has 134 valence electrons. The van der Waals surface area contributed by atoms with Crippen molar-refractivity contribution in [1.29, 1.82) is 0 Å². The Balaban J connectivity index is 1.96. The number of benzene rings is 2. The molecule has 26 heavy (non-hydrogen) atoms. The molecule has 1 N–H and O–H groups in total. The molecule has 0 bridgehead atoms. The first-order chi connectivity index (χ1) is 12.6. The highest BCUT2D eigenvalue weighted by Gasteiger charge is 2.16. The number of aromatic nitrogens is 4. The number of carbonyl (C=O) groups is 1. The van der Waals surface area contributed by atoms with E-state index in [9.17, 15) is 9.90 Å². The highest BCUT2D eigenvalue weighted by atomic mass is 79.9. The molecule has 0 spiro atoms. The summed E-state index contributed by atoms with van der Waals surface area (Å²) in [6.45, 7) is 0.769. The Labute approximate surface area is 157 Å². The summed E-state index contributed by atoms with van der Waals surface area (Å²) in [5, 5.41) is 20.3. The predicted octanol–water partition coefficient (Wildman–Crippen LogP) is 2.89. The first-order valence-corrected chi connectivity index (χ1v) is 8.42. The molecule has 1 heterocycles. The minimum Gasteiger partial charge on any atom is -0.497 e. The van der Waals surface area contributed by atoms with Crippen LogP contribution in [0.1, 0.15) is 10.4 Å². The minimum atomic E-state index is -1.02. The Kier molecular flexibility index (Phi) is 5.47. The number of methoxy groups -OCH3 is 1. The second kappa shape index (κ2) is 7.96. The normalized spacial score (nSPS) is 10.5. The summed E-state index contributed by atoms with van der Waals surface area (Å²) in [5.74, 6) is 0.186. The van der Waals surface area contributed by atoms with Crippen molar-refractivity contribution in [3.8, 4) is 22.6 Å². The molecule has 0 radical (unpaired) electrons. The van der Waals surface area contributed by atoms with Crippen LogP contribution in [0.2, 0.25) is 0 Å². The molecule has 9 heteroatoms. The molecule has 8 nitrogen and oxygen atoms in total. The molecule has 0 atom stereocenters. The van der Waals surface area contributed by atoms with Gasteiger partial charge in [-0.3, -0.25) is 0 Å². The summed E-state index contributed by atoms with van der Waals surface area (Å²) in [6.07, 6.45) is 1.49. The van der Waals surface area contributed by atoms with Gasteiger partial charge in [0.2, 0.25) is 0 Å². The van der Waals surface area contributed by atoms with E-state index in [-0.39, 0.29) is 5.56 Å². The lowest BCUT2D eigenvalue weighted by molar-refractivity contribution is 0.0697. The number of nitrogens with zero attached hydrogens (tertiary/aromatic N) is 4. The van der Waals surface area contributed by atoms with Crippen LogP contribution in [0.3, 0.4) is 0 Å². The second-order valence-corrected chi connectivity index (χ2v) is 6.15. The van der Waals surface area contributed by atoms with Crippen LogP contribution in [0.25, 0.3) is 11.1 Å². The maximum Gasteiger partial charge on any atom is 0.335 e. The maximum absolute atomic E-state index is 11.4. The fourth-order valence-corrected chi connectivity index (χ4v) is 2.97. The molecule has 1 aromatic heterocycles. The van der Waals surface area contributed by atoms with Crippen LogP contribution < -0.4 is 9.47 Å². The van der Waals surface area contributed by atoms with E-state index in [2.05, 4.69) is 31.5 Å². The Hall–Kier alpha value is -2.94. The lowest BCUT2D eigenvalue weighted by Gasteiger charge is -2.15. The standard InChI is InChI=1S/C17H15BrN4O4/c1-25-13-4-2-3-11(7-13)14-8-12(17(23)24)9-15(18)16(14)26-6-5-22-10-19-20-21-22/h2-4,7-10H,5-6H2,1H3,(H,23,24). The molecule has 0 fully saturated rings. The first-order valence-electron chi connectivity index (χ1n) is 7.63. The van der Waals surface area contributed by atoms with E-state index >= 15 is 0 Å². The van der Waals surface area contributed by atoms with Crippen LogP contribution in [0, 0.1) is 0 Å². The lowest BCUT2D eigenvalue weighted by atomic mass is 10.0. The Morgan fingerprint density at radius 3 is 2.85 bits per heavy atom. The zero-order valence-electron chi connectivity index (χ0n) is 13.8. The third kappa shape index (κ3) is 3.99. The van der Waals surface area contributed by atoms with Crippen molar-refractivity contribution < 1.29 is 19.4 Å². The van der Waals surface area contributed by atoms with Crippen molar-refractivity contribution in [2.75, 3.05) is 13.7 Å². The monoisotopic (exact) mass is 418 g/mol. The minimum absolute atomic E-state index is 0.155. The zero-order valence-corrected chi connectivity index (χ0v) is 15.4. The van der Waals surface area contributed by atoms with Gasteiger partial charge in [-0.05, 0) is 56.2 Å². The van der Waals surface area contributed by atoms with Gasteiger partial charge in [-0.2, -0.15) is 0 Å². The Morgan fingerprint density at radius 2 is 2.15 bits per heavy atom. The number of rotatable bonds is 7. The molecule has 3 aromatic rings. The van der Waals surface area contributed by atoms with Crippen molar-refractivity contribution in [3.05, 3.63) is 52.8 Å². The number of tetrazole rings is 1. The first kappa shape index (κ1) is 17.9. The maximum atomic E-state index is 11.4. The molecule has 0 aliphatic carbocycles. The van der Waals surface area contributed by atoms with E-state index in [4.69, 9.17) is 9.47 Å². The number of halogens is 1. The fourth-order valence-electron chi connectivity index (χ4n) is 2.39. The summed E-state index contributed by atoms with van der Waals surface area (Å²) in [5.41, 5.74) is 1.58. The van der Waals surface area contributed by atoms with Gasteiger partial charge in [-0.15, -0.1) is 5.10 Å². The largest absolute Gasteiger partial charge is 0.497 e. The number of carboxylic acids is 1. The summed E-state index contributed by atoms with van der Waals surface area (Å²) in [4.78, 5) is 11.4. The third-order valence-electron chi connectivity index (χ3n) is 3.63. The highest BCUT2D eigenvalue weighted by Crippen LogP contribution is 2.39. The molecule has 0 aliphatic rings. The van der Waals surface area contributed by atoms with Crippen LogP contribution in [0.4, 0.5) is 0 Å². The van der Waals surface area contributed by atoms with E-state index in [1.807, 2.05) is 24.3 Å². The number of carboxylic acid groups (broad SMARTS) is 1. The van der Waals surface area contributed by atoms with Gasteiger partial charge in [-0.25, -0.2) is 9.48 Å². The van der Waals surface area contributed by atoms with Crippen LogP contribution >= 0.6 is 15.9 Å². The van der Waals surface area contributed by atoms with Gasteiger partial charge in [-0.1, -0.05) is 12.1 Å². The van der Waals surface area contributed by atoms with Crippen LogP contribution in [0.15, 0.2) is 47.2 Å². The van der Waals surface area contributed by atoms with Crippen LogP contribution in [-0.2, 0) is 6.54 Å². The van der Waals surface area contributed by atoms with E-state index in [1.54, 1.807) is 17.9 Å². The van der Waals surface area contributed by atoms with Gasteiger partial charge >= 0.3 is 5.97 Å². The molecule has 0 amide bonds. The number of hydrogen-bond acceptors (Lipinski definition) is 6. The molecule has 0 aliphatic heterocycles. The third-order valence-corrected chi connectivity index (χ3v) is 4.22. The van der Waals surface area contributed by atoms with Gasteiger partial charge in [0.05, 0.1) is 23.7 Å². The van der Waals surface area contributed by atoms with Gasteiger partial charge in [0.25, 0.3) is 0 Å². The van der Waals surface area contributed by atoms with E-state index in [1.165, 1.54) is 12.4 Å². The van der Waals surface area contributed by atoms with Crippen LogP contribution in [-0.4, -0.2) is 45.0 Å². The lowest BCUT2D eigenvalue weighted by Crippen LogP contribution is -2.10. The van der Waals surface area contributed by atoms with Gasteiger partial charge < -0.3 is 14.6 Å². The average molecular weight is 419 g/mol. The van der Waals surface area contributed by atoms with Crippen molar-refractivity contribution >= 4 is 21.9 Å². The van der Waals surface area contributed by atoms with E-state index in [0.29, 0.717) is 34.7 Å². The molecule has 0 saturated carbocycles. The summed E-state index contributed by atoms with van der Waals surface area (Å²) in [7, 11) is 1.58. The summed E-state index contributed by atoms with van der Waals surface area (Å²) >= 11 is 3.41. The SMILES string of the molecule is COc1cccc(-c2cc(C(=O)O)cc(Br)c2OCCn2cnnn2)c1. The smallest absolute Gasteiger partial charge is 0.335 e. The molecule has 0 unspecified atom stereocenters. The molecule has 0 saturated heterocycles. The molecule has 3 rings (SSSR count). The van der Waals surface area contributed by atoms with Crippen molar-refractivity contribution in [1.82, 2.24) is 20.2 Å². The van der Waals surface area contributed by atoms with Crippen molar-refractivity contribution in [2.45, 2.75) is 6.54 Å². The Morgan fingerprint density at radius 1 is 1.31 bits per heavy atom. The van der Waals surface area contributed by atoms with Gasteiger partial charge in [0.1, 0.15) is 24.4 Å². The summed E-state index contributed by atoms with van der Waals surface area (Å²) in [6, 6.07) is 10.4. The van der Waals surface area contributed by atoms with E-state index < -0.39 is 5.97 Å². The van der Waals surface area contributed by atoms with Crippen LogP contribution in [0.5, 0.6) is 11.5 Å². The van der Waals surface area contributed by atoms with Crippen molar-refractivity contribution in [2.24, 2.45) is 0 Å². The quantitative estimate of drug-likeness (QED) is 0.629. The highest BCUT2D eigenvalue weighted by molar-refractivity contribution is 9.10. The molecular formula is C17H15BrN4O4. The molecular weight excluding hydrogens is 404 g/mol. The van der Waals surface area contributed by atoms with Gasteiger partial charge in [0, 0.05) is 5.56 Å². The Bertz CT molecular complexity index is 915. The number of hydrogen-bond donors (Lipinski definition) is 1.